The van der Waals surface area contributed by atoms with Crippen LogP contribution in [0.25, 0.3) is 0 Å². The minimum atomic E-state index is 0.604. The van der Waals surface area contributed by atoms with Crippen molar-refractivity contribution in [3.63, 3.8) is 0 Å². The molecule has 0 saturated heterocycles. The summed E-state index contributed by atoms with van der Waals surface area (Å²) in [5.74, 6) is 0. The van der Waals surface area contributed by atoms with Gasteiger partial charge in [-0.15, -0.1) is 0 Å². The predicted octanol–water partition coefficient (Wildman–Crippen LogP) is 2.88. The van der Waals surface area contributed by atoms with Gasteiger partial charge in [-0.25, -0.2) is 0 Å². The first-order valence-corrected chi connectivity index (χ1v) is 5.81. The van der Waals surface area contributed by atoms with E-state index in [1.54, 1.807) is 0 Å². The van der Waals surface area contributed by atoms with Crippen LogP contribution >= 0.6 is 0 Å². The Morgan fingerprint density at radius 2 is 1.67 bits per heavy atom. The van der Waals surface area contributed by atoms with Gasteiger partial charge in [0.15, 0.2) is 0 Å². The maximum Gasteiger partial charge on any atom is 0.0340 e. The Hall–Kier alpha value is -1.02. The van der Waals surface area contributed by atoms with Crippen LogP contribution in [0.4, 0.5) is 5.69 Å². The molecule has 0 aliphatic heterocycles. The van der Waals surface area contributed by atoms with E-state index in [1.165, 1.54) is 18.5 Å². The van der Waals surface area contributed by atoms with Crippen LogP contribution in [0.1, 0.15) is 26.7 Å². The summed E-state index contributed by atoms with van der Waals surface area (Å²) >= 11 is 0. The summed E-state index contributed by atoms with van der Waals surface area (Å²) in [7, 11) is 0. The number of benzene rings is 1. The van der Waals surface area contributed by atoms with E-state index in [0.29, 0.717) is 6.04 Å². The molecule has 15 heavy (non-hydrogen) atoms. The molecule has 0 saturated carbocycles. The molecular formula is C13H22N2. The summed E-state index contributed by atoms with van der Waals surface area (Å²) in [5, 5.41) is 6.82. The fourth-order valence-electron chi connectivity index (χ4n) is 1.43. The highest BCUT2D eigenvalue weighted by atomic mass is 14.9. The maximum atomic E-state index is 3.42. The number of para-hydroxylation sites is 1. The average Bonchev–Trinajstić information content (AvgIpc) is 2.24. The Morgan fingerprint density at radius 3 is 2.33 bits per heavy atom. The third-order valence-corrected chi connectivity index (χ3v) is 2.26. The van der Waals surface area contributed by atoms with Crippen LogP contribution in [0, 0.1) is 0 Å². The van der Waals surface area contributed by atoms with Crippen molar-refractivity contribution in [2.75, 3.05) is 18.4 Å². The van der Waals surface area contributed by atoms with Crippen molar-refractivity contribution in [2.24, 2.45) is 0 Å². The number of rotatable bonds is 7. The Balaban J connectivity index is 1.98. The van der Waals surface area contributed by atoms with Crippen LogP contribution in [0.5, 0.6) is 0 Å². The van der Waals surface area contributed by atoms with E-state index in [1.807, 2.05) is 6.07 Å². The van der Waals surface area contributed by atoms with E-state index in [-0.39, 0.29) is 0 Å². The largest absolute Gasteiger partial charge is 0.385 e. The summed E-state index contributed by atoms with van der Waals surface area (Å²) in [5.41, 5.74) is 1.22. The Kier molecular flexibility index (Phi) is 5.86. The molecule has 2 N–H and O–H groups in total. The van der Waals surface area contributed by atoms with Crippen molar-refractivity contribution < 1.29 is 0 Å². The van der Waals surface area contributed by atoms with Crippen molar-refractivity contribution >= 4 is 5.69 Å². The fraction of sp³-hybridized carbons (Fsp3) is 0.538. The summed E-state index contributed by atoms with van der Waals surface area (Å²) in [6.45, 7) is 6.54. The summed E-state index contributed by atoms with van der Waals surface area (Å²) in [6, 6.07) is 11.0. The molecule has 0 bridgehead atoms. The van der Waals surface area contributed by atoms with Gasteiger partial charge in [-0.05, 0) is 31.5 Å². The van der Waals surface area contributed by atoms with Gasteiger partial charge < -0.3 is 10.6 Å². The Labute approximate surface area is 93.1 Å². The molecule has 0 spiro atoms. The lowest BCUT2D eigenvalue weighted by molar-refractivity contribution is 0.562. The maximum absolute atomic E-state index is 3.42. The lowest BCUT2D eigenvalue weighted by Gasteiger charge is -2.08. The van der Waals surface area contributed by atoms with Gasteiger partial charge in [0.1, 0.15) is 0 Å². The molecule has 2 heteroatoms. The molecule has 0 unspecified atom stereocenters. The first kappa shape index (κ1) is 12.1. The van der Waals surface area contributed by atoms with Crippen LogP contribution in [-0.2, 0) is 0 Å². The van der Waals surface area contributed by atoms with E-state index in [2.05, 4.69) is 48.7 Å². The van der Waals surface area contributed by atoms with Crippen molar-refractivity contribution in [3.8, 4) is 0 Å². The number of hydrogen-bond donors (Lipinski definition) is 2. The molecule has 0 aromatic heterocycles. The molecular weight excluding hydrogens is 184 g/mol. The molecule has 0 aliphatic rings. The molecule has 0 amide bonds. The number of nitrogens with one attached hydrogen (secondary N) is 2. The van der Waals surface area contributed by atoms with Crippen LogP contribution in [0.3, 0.4) is 0 Å². The number of unbranched alkanes of at least 4 members (excludes halogenated alkanes) is 1. The van der Waals surface area contributed by atoms with Crippen molar-refractivity contribution in [1.82, 2.24) is 5.32 Å². The quantitative estimate of drug-likeness (QED) is 0.670. The molecule has 0 heterocycles. The van der Waals surface area contributed by atoms with Gasteiger partial charge in [0.05, 0.1) is 0 Å². The van der Waals surface area contributed by atoms with Crippen LogP contribution in [0.15, 0.2) is 30.3 Å². The fourth-order valence-corrected chi connectivity index (χ4v) is 1.43. The van der Waals surface area contributed by atoms with Crippen LogP contribution in [-0.4, -0.2) is 19.1 Å². The van der Waals surface area contributed by atoms with E-state index < -0.39 is 0 Å². The highest BCUT2D eigenvalue weighted by molar-refractivity contribution is 5.42. The molecule has 0 fully saturated rings. The second-order valence-corrected chi connectivity index (χ2v) is 4.11. The summed E-state index contributed by atoms with van der Waals surface area (Å²) < 4.78 is 0. The zero-order valence-corrected chi connectivity index (χ0v) is 9.79. The van der Waals surface area contributed by atoms with E-state index in [0.717, 1.165) is 13.1 Å². The second-order valence-electron chi connectivity index (χ2n) is 4.11. The molecule has 0 aliphatic carbocycles. The second kappa shape index (κ2) is 7.30. The topological polar surface area (TPSA) is 24.1 Å². The molecule has 0 radical (unpaired) electrons. The molecule has 2 nitrogen and oxygen atoms in total. The van der Waals surface area contributed by atoms with Gasteiger partial charge in [0.25, 0.3) is 0 Å². The predicted molar refractivity (Wildman–Crippen MR) is 67.3 cm³/mol. The van der Waals surface area contributed by atoms with Gasteiger partial charge in [-0.3, -0.25) is 0 Å². The zero-order valence-electron chi connectivity index (χ0n) is 9.79. The van der Waals surface area contributed by atoms with Gasteiger partial charge in [-0.2, -0.15) is 0 Å². The smallest absolute Gasteiger partial charge is 0.0340 e. The third-order valence-electron chi connectivity index (χ3n) is 2.26. The van der Waals surface area contributed by atoms with Gasteiger partial charge in [-0.1, -0.05) is 32.0 Å². The first-order chi connectivity index (χ1) is 7.29. The van der Waals surface area contributed by atoms with Crippen molar-refractivity contribution in [1.29, 1.82) is 0 Å². The molecule has 1 aromatic rings. The van der Waals surface area contributed by atoms with Gasteiger partial charge in [0, 0.05) is 18.3 Å². The summed E-state index contributed by atoms with van der Waals surface area (Å²) in [4.78, 5) is 0. The summed E-state index contributed by atoms with van der Waals surface area (Å²) in [6.07, 6.45) is 2.45. The minimum absolute atomic E-state index is 0.604. The minimum Gasteiger partial charge on any atom is -0.385 e. The number of anilines is 1. The third kappa shape index (κ3) is 6.13. The molecule has 0 atom stereocenters. The number of hydrogen-bond acceptors (Lipinski definition) is 2. The van der Waals surface area contributed by atoms with Crippen molar-refractivity contribution in [3.05, 3.63) is 30.3 Å². The van der Waals surface area contributed by atoms with Gasteiger partial charge in [0.2, 0.25) is 0 Å². The van der Waals surface area contributed by atoms with E-state index in [9.17, 15) is 0 Å². The van der Waals surface area contributed by atoms with E-state index in [4.69, 9.17) is 0 Å². The standard InChI is InChI=1S/C13H22N2/c1-12(2)14-10-6-7-11-15-13-8-4-3-5-9-13/h3-5,8-9,12,14-15H,6-7,10-11H2,1-2H3. The average molecular weight is 206 g/mol. The molecule has 1 rings (SSSR count). The van der Waals surface area contributed by atoms with Crippen molar-refractivity contribution in [2.45, 2.75) is 32.7 Å². The highest BCUT2D eigenvalue weighted by Crippen LogP contribution is 2.04. The Morgan fingerprint density at radius 1 is 1.00 bits per heavy atom. The SMILES string of the molecule is CC(C)NCCCCNc1ccccc1. The highest BCUT2D eigenvalue weighted by Gasteiger charge is 1.92. The van der Waals surface area contributed by atoms with E-state index >= 15 is 0 Å². The van der Waals surface area contributed by atoms with Crippen LogP contribution in [0.2, 0.25) is 0 Å². The lowest BCUT2D eigenvalue weighted by Crippen LogP contribution is -2.23. The lowest BCUT2D eigenvalue weighted by atomic mass is 10.2. The molecule has 84 valence electrons. The zero-order chi connectivity index (χ0) is 10.9. The van der Waals surface area contributed by atoms with Gasteiger partial charge >= 0.3 is 0 Å². The normalized spacial score (nSPS) is 10.6. The van der Waals surface area contributed by atoms with Crippen LogP contribution < -0.4 is 10.6 Å². The molecule has 1 aromatic carbocycles. The Bertz CT molecular complexity index is 244. The first-order valence-electron chi connectivity index (χ1n) is 5.81. The monoisotopic (exact) mass is 206 g/mol.